The number of sulfonamides is 1. The zero-order chi connectivity index (χ0) is 14.8. The van der Waals surface area contributed by atoms with E-state index in [1.165, 1.54) is 12.1 Å². The number of hydrogen-bond acceptors (Lipinski definition) is 4. The second kappa shape index (κ2) is 5.48. The molecule has 1 aliphatic heterocycles. The van der Waals surface area contributed by atoms with Crippen LogP contribution in [0.4, 0.5) is 4.39 Å². The first-order valence-electron chi connectivity index (χ1n) is 6.18. The van der Waals surface area contributed by atoms with Gasteiger partial charge in [0, 0.05) is 18.8 Å². The molecule has 0 atom stereocenters. The highest BCUT2D eigenvalue weighted by Gasteiger charge is 2.34. The van der Waals surface area contributed by atoms with Gasteiger partial charge in [0.25, 0.3) is 0 Å². The molecule has 1 aromatic rings. The van der Waals surface area contributed by atoms with Crippen LogP contribution in [0.2, 0.25) is 0 Å². The number of nitrogens with one attached hydrogen (secondary N) is 1. The Bertz CT molecular complexity index is 646. The van der Waals surface area contributed by atoms with Crippen LogP contribution in [0.25, 0.3) is 0 Å². The third-order valence-corrected chi connectivity index (χ3v) is 5.03. The number of ether oxygens (including phenoxy) is 1. The van der Waals surface area contributed by atoms with E-state index in [2.05, 4.69) is 4.72 Å². The van der Waals surface area contributed by atoms with Gasteiger partial charge in [0.1, 0.15) is 22.3 Å². The third-order valence-electron chi connectivity index (χ3n) is 3.35. The lowest BCUT2D eigenvalue weighted by atomic mass is 9.94. The first kappa shape index (κ1) is 14.9. The van der Waals surface area contributed by atoms with E-state index in [1.54, 1.807) is 13.0 Å². The maximum atomic E-state index is 13.5. The lowest BCUT2D eigenvalue weighted by Crippen LogP contribution is -2.49. The number of benzene rings is 1. The summed E-state index contributed by atoms with van der Waals surface area (Å²) in [7, 11) is -3.95. The SMILES string of the molecule is CC1(NS(=O)(=O)c2cccc(F)c2C#N)CCOCC1. The molecule has 0 spiro atoms. The smallest absolute Gasteiger partial charge is 0.242 e. The average Bonchev–Trinajstić information content (AvgIpc) is 2.38. The van der Waals surface area contributed by atoms with E-state index in [1.807, 2.05) is 0 Å². The highest BCUT2D eigenvalue weighted by molar-refractivity contribution is 7.89. The zero-order valence-electron chi connectivity index (χ0n) is 11.0. The Hall–Kier alpha value is -1.49. The van der Waals surface area contributed by atoms with Crippen LogP contribution in [-0.2, 0) is 14.8 Å². The molecule has 0 saturated carbocycles. The lowest BCUT2D eigenvalue weighted by molar-refractivity contribution is 0.0537. The van der Waals surface area contributed by atoms with E-state index in [9.17, 15) is 12.8 Å². The summed E-state index contributed by atoms with van der Waals surface area (Å²) in [5.41, 5.74) is -1.11. The fourth-order valence-corrected chi connectivity index (χ4v) is 3.77. The zero-order valence-corrected chi connectivity index (χ0v) is 11.8. The molecule has 0 radical (unpaired) electrons. The number of halogens is 1. The van der Waals surface area contributed by atoms with Crippen LogP contribution in [0.1, 0.15) is 25.3 Å². The van der Waals surface area contributed by atoms with Gasteiger partial charge in [-0.15, -0.1) is 0 Å². The molecule has 2 rings (SSSR count). The predicted octanol–water partition coefficient (Wildman–Crippen LogP) is 1.54. The Morgan fingerprint density at radius 1 is 1.40 bits per heavy atom. The summed E-state index contributed by atoms with van der Waals surface area (Å²) in [5, 5.41) is 8.93. The minimum Gasteiger partial charge on any atom is -0.381 e. The van der Waals surface area contributed by atoms with Crippen molar-refractivity contribution in [2.75, 3.05) is 13.2 Å². The fraction of sp³-hybridized carbons (Fsp3) is 0.462. The van der Waals surface area contributed by atoms with Gasteiger partial charge >= 0.3 is 0 Å². The summed E-state index contributed by atoms with van der Waals surface area (Å²) in [6.07, 6.45) is 1.06. The predicted molar refractivity (Wildman–Crippen MR) is 69.9 cm³/mol. The summed E-state index contributed by atoms with van der Waals surface area (Å²) in [6.45, 7) is 2.71. The minimum absolute atomic E-state index is 0.326. The third kappa shape index (κ3) is 2.98. The van der Waals surface area contributed by atoms with Crippen molar-refractivity contribution in [3.8, 4) is 6.07 Å². The molecule has 0 bridgehead atoms. The van der Waals surface area contributed by atoms with Crippen molar-refractivity contribution in [1.82, 2.24) is 4.72 Å². The van der Waals surface area contributed by atoms with Crippen LogP contribution in [0.15, 0.2) is 23.1 Å². The van der Waals surface area contributed by atoms with Crippen molar-refractivity contribution >= 4 is 10.0 Å². The van der Waals surface area contributed by atoms with Crippen LogP contribution in [0.3, 0.4) is 0 Å². The normalized spacial score (nSPS) is 18.4. The molecule has 0 aromatic heterocycles. The van der Waals surface area contributed by atoms with Crippen molar-refractivity contribution in [3.63, 3.8) is 0 Å². The first-order valence-corrected chi connectivity index (χ1v) is 7.67. The van der Waals surface area contributed by atoms with Gasteiger partial charge in [0.15, 0.2) is 0 Å². The molecular formula is C13H15FN2O3S. The summed E-state index contributed by atoms with van der Waals surface area (Å²) in [4.78, 5) is -0.326. The topological polar surface area (TPSA) is 79.2 Å². The van der Waals surface area contributed by atoms with Gasteiger partial charge in [0.05, 0.1) is 0 Å². The second-order valence-electron chi connectivity index (χ2n) is 5.00. The first-order chi connectivity index (χ1) is 9.38. The molecule has 0 aliphatic carbocycles. The lowest BCUT2D eigenvalue weighted by Gasteiger charge is -2.34. The van der Waals surface area contributed by atoms with Crippen molar-refractivity contribution in [1.29, 1.82) is 5.26 Å². The van der Waals surface area contributed by atoms with Crippen molar-refractivity contribution in [3.05, 3.63) is 29.6 Å². The van der Waals surface area contributed by atoms with Gasteiger partial charge in [-0.25, -0.2) is 17.5 Å². The van der Waals surface area contributed by atoms with E-state index in [-0.39, 0.29) is 4.90 Å². The van der Waals surface area contributed by atoms with E-state index in [0.29, 0.717) is 26.1 Å². The fourth-order valence-electron chi connectivity index (χ4n) is 2.14. The quantitative estimate of drug-likeness (QED) is 0.918. The van der Waals surface area contributed by atoms with Crippen LogP contribution in [-0.4, -0.2) is 27.2 Å². The minimum atomic E-state index is -3.95. The van der Waals surface area contributed by atoms with Gasteiger partial charge < -0.3 is 4.74 Å². The molecule has 1 aliphatic rings. The molecule has 1 N–H and O–H groups in total. The van der Waals surface area contributed by atoms with E-state index < -0.39 is 26.9 Å². The van der Waals surface area contributed by atoms with E-state index in [0.717, 1.165) is 6.07 Å². The maximum absolute atomic E-state index is 13.5. The maximum Gasteiger partial charge on any atom is 0.242 e. The number of rotatable bonds is 3. The molecule has 1 fully saturated rings. The monoisotopic (exact) mass is 298 g/mol. The van der Waals surface area contributed by atoms with E-state index in [4.69, 9.17) is 10.00 Å². The second-order valence-corrected chi connectivity index (χ2v) is 6.65. The largest absolute Gasteiger partial charge is 0.381 e. The van der Waals surface area contributed by atoms with Crippen LogP contribution in [0.5, 0.6) is 0 Å². The Labute approximate surface area is 117 Å². The standard InChI is InChI=1S/C13H15FN2O3S/c1-13(5-7-19-8-6-13)16-20(17,18)12-4-2-3-11(14)10(12)9-15/h2-4,16H,5-8H2,1H3. The average molecular weight is 298 g/mol. The van der Waals surface area contributed by atoms with Gasteiger partial charge in [-0.2, -0.15) is 5.26 Å². The van der Waals surface area contributed by atoms with Crippen molar-refractivity contribution < 1.29 is 17.5 Å². The molecule has 1 aromatic carbocycles. The molecule has 1 saturated heterocycles. The molecule has 108 valence electrons. The van der Waals surface area contributed by atoms with E-state index >= 15 is 0 Å². The van der Waals surface area contributed by atoms with Crippen LogP contribution in [0, 0.1) is 17.1 Å². The van der Waals surface area contributed by atoms with Gasteiger partial charge in [0.2, 0.25) is 10.0 Å². The molecule has 7 heteroatoms. The van der Waals surface area contributed by atoms with Gasteiger partial charge in [-0.1, -0.05) is 6.07 Å². The van der Waals surface area contributed by atoms with Crippen LogP contribution >= 0.6 is 0 Å². The summed E-state index contributed by atoms with van der Waals surface area (Å²) in [5.74, 6) is -0.840. The van der Waals surface area contributed by atoms with Crippen molar-refractivity contribution in [2.45, 2.75) is 30.2 Å². The molecule has 1 heterocycles. The van der Waals surface area contributed by atoms with Crippen molar-refractivity contribution in [2.24, 2.45) is 0 Å². The van der Waals surface area contributed by atoms with Gasteiger partial charge in [-0.05, 0) is 31.9 Å². The Kier molecular flexibility index (Phi) is 4.09. The number of hydrogen-bond donors (Lipinski definition) is 1. The summed E-state index contributed by atoms with van der Waals surface area (Å²) >= 11 is 0. The Morgan fingerprint density at radius 2 is 2.05 bits per heavy atom. The van der Waals surface area contributed by atoms with Crippen LogP contribution < -0.4 is 4.72 Å². The molecular weight excluding hydrogens is 283 g/mol. The van der Waals surface area contributed by atoms with Gasteiger partial charge in [-0.3, -0.25) is 0 Å². The molecule has 5 nitrogen and oxygen atoms in total. The Balaban J connectivity index is 2.36. The Morgan fingerprint density at radius 3 is 2.65 bits per heavy atom. The molecule has 0 amide bonds. The summed E-state index contributed by atoms with van der Waals surface area (Å²) in [6, 6.07) is 5.17. The number of nitrogens with zero attached hydrogens (tertiary/aromatic N) is 1. The highest BCUT2D eigenvalue weighted by Crippen LogP contribution is 2.25. The highest BCUT2D eigenvalue weighted by atomic mass is 32.2. The molecule has 20 heavy (non-hydrogen) atoms. The molecule has 0 unspecified atom stereocenters. The summed E-state index contributed by atoms with van der Waals surface area (Å²) < 4.78 is 46.0. The number of nitriles is 1.